The van der Waals surface area contributed by atoms with Gasteiger partial charge in [-0.2, -0.15) is 13.2 Å². The molecule has 3 heterocycles. The highest BCUT2D eigenvalue weighted by Crippen LogP contribution is 2.33. The number of hydrogen-bond acceptors (Lipinski definition) is 4. The lowest BCUT2D eigenvalue weighted by Crippen LogP contribution is -2.46. The minimum Gasteiger partial charge on any atom is -0.444 e. The summed E-state index contributed by atoms with van der Waals surface area (Å²) >= 11 is 0. The van der Waals surface area contributed by atoms with Crippen LogP contribution in [0.1, 0.15) is 44.6 Å². The van der Waals surface area contributed by atoms with E-state index < -0.39 is 35.7 Å². The fourth-order valence-electron chi connectivity index (χ4n) is 3.13. The predicted molar refractivity (Wildman–Crippen MR) is 96.9 cm³/mol. The molecule has 1 amide bonds. The maximum atomic E-state index is 14.7. The minimum atomic E-state index is -4.56. The summed E-state index contributed by atoms with van der Waals surface area (Å²) in [5.74, 6) is -0.256. The van der Waals surface area contributed by atoms with Gasteiger partial charge in [-0.05, 0) is 39.3 Å². The lowest BCUT2D eigenvalue weighted by atomic mass is 9.94. The molecule has 2 aromatic heterocycles. The van der Waals surface area contributed by atoms with E-state index in [1.54, 1.807) is 20.8 Å². The Hall–Kier alpha value is -2.65. The van der Waals surface area contributed by atoms with Crippen molar-refractivity contribution in [3.05, 3.63) is 36.0 Å². The average Bonchev–Trinajstić information content (AvgIpc) is 3.09. The Labute approximate surface area is 165 Å². The Morgan fingerprint density at radius 3 is 2.62 bits per heavy atom. The molecule has 0 saturated carbocycles. The monoisotopic (exact) mass is 414 g/mol. The number of H-pyrrole nitrogens is 1. The van der Waals surface area contributed by atoms with Crippen LogP contribution in [0.2, 0.25) is 0 Å². The Bertz CT molecular complexity index is 876. The van der Waals surface area contributed by atoms with Crippen molar-refractivity contribution in [3.63, 3.8) is 0 Å². The molecule has 0 bridgehead atoms. The van der Waals surface area contributed by atoms with E-state index in [1.165, 1.54) is 17.2 Å². The number of piperidine rings is 1. The molecule has 0 aromatic carbocycles. The van der Waals surface area contributed by atoms with Crippen LogP contribution in [0.25, 0.3) is 11.3 Å². The van der Waals surface area contributed by atoms with Gasteiger partial charge in [-0.25, -0.2) is 14.2 Å². The number of rotatable bonds is 2. The number of nitrogens with one attached hydrogen (secondary N) is 1. The first kappa shape index (κ1) is 21.1. The van der Waals surface area contributed by atoms with Gasteiger partial charge in [0.15, 0.2) is 0 Å². The van der Waals surface area contributed by atoms with Crippen molar-refractivity contribution < 1.29 is 27.1 Å². The van der Waals surface area contributed by atoms with Crippen LogP contribution in [0.15, 0.2) is 24.5 Å². The molecule has 1 fully saturated rings. The summed E-state index contributed by atoms with van der Waals surface area (Å²) in [5.41, 5.74) is -1.09. The first-order valence-corrected chi connectivity index (χ1v) is 9.14. The third kappa shape index (κ3) is 5.04. The van der Waals surface area contributed by atoms with Gasteiger partial charge in [-0.3, -0.25) is 4.98 Å². The van der Waals surface area contributed by atoms with E-state index in [-0.39, 0.29) is 12.1 Å². The molecule has 0 unspecified atom stereocenters. The molecule has 2 aromatic rings. The SMILES string of the molecule is CC(C)(C)OC(=O)N1CC[C@@H](c2ncc(-c3ccnc(C(F)(F)F)c3)[nH]2)[C@@H](F)C1. The number of amides is 1. The van der Waals surface area contributed by atoms with Crippen LogP contribution in [0, 0.1) is 0 Å². The van der Waals surface area contributed by atoms with Crippen LogP contribution in [-0.4, -0.2) is 50.8 Å². The van der Waals surface area contributed by atoms with Gasteiger partial charge in [-0.15, -0.1) is 0 Å². The van der Waals surface area contributed by atoms with E-state index in [0.29, 0.717) is 24.5 Å². The summed E-state index contributed by atoms with van der Waals surface area (Å²) in [6, 6.07) is 2.33. The zero-order valence-electron chi connectivity index (χ0n) is 16.3. The van der Waals surface area contributed by atoms with E-state index in [1.807, 2.05) is 0 Å². The second-order valence-corrected chi connectivity index (χ2v) is 7.95. The molecule has 1 N–H and O–H groups in total. The van der Waals surface area contributed by atoms with Gasteiger partial charge in [0, 0.05) is 18.3 Å². The van der Waals surface area contributed by atoms with Crippen LogP contribution in [0.3, 0.4) is 0 Å². The van der Waals surface area contributed by atoms with Gasteiger partial charge in [-0.1, -0.05) is 0 Å². The molecular formula is C19H22F4N4O2. The highest BCUT2D eigenvalue weighted by Gasteiger charge is 2.36. The first-order valence-electron chi connectivity index (χ1n) is 9.14. The van der Waals surface area contributed by atoms with Gasteiger partial charge in [0.2, 0.25) is 0 Å². The predicted octanol–water partition coefficient (Wildman–Crippen LogP) is 4.55. The lowest BCUT2D eigenvalue weighted by molar-refractivity contribution is -0.141. The lowest BCUT2D eigenvalue weighted by Gasteiger charge is -2.34. The molecule has 6 nitrogen and oxygen atoms in total. The molecular weight excluding hydrogens is 392 g/mol. The Balaban J connectivity index is 1.71. The van der Waals surface area contributed by atoms with E-state index in [4.69, 9.17) is 4.74 Å². The number of alkyl halides is 4. The van der Waals surface area contributed by atoms with Crippen molar-refractivity contribution in [2.45, 2.75) is 51.1 Å². The minimum absolute atomic E-state index is 0.136. The van der Waals surface area contributed by atoms with E-state index in [2.05, 4.69) is 15.0 Å². The van der Waals surface area contributed by atoms with Gasteiger partial charge < -0.3 is 14.6 Å². The molecule has 10 heteroatoms. The number of carbonyl (C=O) groups excluding carboxylic acids is 1. The summed E-state index contributed by atoms with van der Waals surface area (Å²) in [7, 11) is 0. The Kier molecular flexibility index (Phi) is 5.55. The molecule has 3 rings (SSSR count). The number of imidazole rings is 1. The number of halogens is 4. The summed E-state index contributed by atoms with van der Waals surface area (Å²) in [6.45, 7) is 5.36. The van der Waals surface area contributed by atoms with Gasteiger partial charge in [0.05, 0.1) is 24.4 Å². The summed E-state index contributed by atoms with van der Waals surface area (Å²) in [5, 5.41) is 0. The maximum Gasteiger partial charge on any atom is 0.433 e. The number of aromatic nitrogens is 3. The van der Waals surface area contributed by atoms with E-state index in [9.17, 15) is 22.4 Å². The van der Waals surface area contributed by atoms with Crippen molar-refractivity contribution in [2.24, 2.45) is 0 Å². The molecule has 29 heavy (non-hydrogen) atoms. The second-order valence-electron chi connectivity index (χ2n) is 7.95. The third-order valence-corrected chi connectivity index (χ3v) is 4.50. The fraction of sp³-hybridized carbons (Fsp3) is 0.526. The highest BCUT2D eigenvalue weighted by atomic mass is 19.4. The summed E-state index contributed by atoms with van der Waals surface area (Å²) in [6.07, 6.45) is -3.75. The molecule has 0 aliphatic carbocycles. The first-order chi connectivity index (χ1) is 13.4. The van der Waals surface area contributed by atoms with Gasteiger partial charge in [0.25, 0.3) is 0 Å². The quantitative estimate of drug-likeness (QED) is 0.732. The number of carbonyl (C=O) groups is 1. The van der Waals surface area contributed by atoms with Crippen LogP contribution in [0.4, 0.5) is 22.4 Å². The zero-order chi connectivity index (χ0) is 21.4. The number of pyridine rings is 1. The Morgan fingerprint density at radius 2 is 2.00 bits per heavy atom. The zero-order valence-corrected chi connectivity index (χ0v) is 16.3. The molecule has 1 aliphatic heterocycles. The van der Waals surface area contributed by atoms with Crippen LogP contribution < -0.4 is 0 Å². The van der Waals surface area contributed by atoms with E-state index in [0.717, 1.165) is 12.3 Å². The molecule has 0 radical (unpaired) electrons. The molecule has 158 valence electrons. The van der Waals surface area contributed by atoms with Crippen molar-refractivity contribution in [2.75, 3.05) is 13.1 Å². The molecule has 1 saturated heterocycles. The topological polar surface area (TPSA) is 71.1 Å². The smallest absolute Gasteiger partial charge is 0.433 e. The number of hydrogen-bond donors (Lipinski definition) is 1. The molecule has 2 atom stereocenters. The van der Waals surface area contributed by atoms with Crippen molar-refractivity contribution >= 4 is 6.09 Å². The van der Waals surface area contributed by atoms with Gasteiger partial charge in [0.1, 0.15) is 23.3 Å². The summed E-state index contributed by atoms with van der Waals surface area (Å²) in [4.78, 5) is 23.8. The highest BCUT2D eigenvalue weighted by molar-refractivity contribution is 5.68. The van der Waals surface area contributed by atoms with Crippen molar-refractivity contribution in [3.8, 4) is 11.3 Å². The van der Waals surface area contributed by atoms with Crippen molar-refractivity contribution in [1.29, 1.82) is 0 Å². The summed E-state index contributed by atoms with van der Waals surface area (Å²) < 4.78 is 58.6. The maximum absolute atomic E-state index is 14.7. The molecule has 1 aliphatic rings. The van der Waals surface area contributed by atoms with E-state index >= 15 is 0 Å². The average molecular weight is 414 g/mol. The van der Waals surface area contributed by atoms with Crippen LogP contribution in [-0.2, 0) is 10.9 Å². The Morgan fingerprint density at radius 1 is 1.28 bits per heavy atom. The standard InChI is InChI=1S/C19H22F4N4O2/c1-18(2,3)29-17(28)27-7-5-12(13(20)10-27)16-25-9-14(26-16)11-4-6-24-15(8-11)19(21,22)23/h4,6,8-9,12-13H,5,7,10H2,1-3H3,(H,25,26)/t12-,13+/m1/s1. The normalized spacial score (nSPS) is 20.6. The molecule has 0 spiro atoms. The van der Waals surface area contributed by atoms with Crippen molar-refractivity contribution in [1.82, 2.24) is 19.9 Å². The number of aromatic amines is 1. The van der Waals surface area contributed by atoms with Gasteiger partial charge >= 0.3 is 12.3 Å². The number of likely N-dealkylation sites (tertiary alicyclic amines) is 1. The van der Waals surface area contributed by atoms with Crippen LogP contribution >= 0.6 is 0 Å². The number of ether oxygens (including phenoxy) is 1. The fourth-order valence-corrected chi connectivity index (χ4v) is 3.13. The third-order valence-electron chi connectivity index (χ3n) is 4.50. The number of nitrogens with zero attached hydrogens (tertiary/aromatic N) is 3. The second kappa shape index (κ2) is 7.64. The largest absolute Gasteiger partial charge is 0.444 e. The van der Waals surface area contributed by atoms with Crippen LogP contribution in [0.5, 0.6) is 0 Å².